The number of nitro benzene ring substituents is 1. The van der Waals surface area contributed by atoms with Crippen LogP contribution in [0.1, 0.15) is 0 Å². The predicted molar refractivity (Wildman–Crippen MR) is 73.1 cm³/mol. The zero-order valence-electron chi connectivity index (χ0n) is 9.71. The van der Waals surface area contributed by atoms with Gasteiger partial charge in [0.25, 0.3) is 5.69 Å². The average Bonchev–Trinajstić information content (AvgIpc) is 2.39. The number of nitrogens with zero attached hydrogens (tertiary/aromatic N) is 1. The zero-order valence-corrected chi connectivity index (χ0v) is 9.71. The summed E-state index contributed by atoms with van der Waals surface area (Å²) in [4.78, 5) is 25.5. The van der Waals surface area contributed by atoms with Crippen LogP contribution in [0.15, 0.2) is 41.2 Å². The molecular weight excluding hydrogens is 246 g/mol. The van der Waals surface area contributed by atoms with Crippen LogP contribution >= 0.6 is 0 Å². The number of fused-ring (bicyclic) bond motifs is 2. The van der Waals surface area contributed by atoms with Gasteiger partial charge in [-0.25, -0.2) is 0 Å². The van der Waals surface area contributed by atoms with Crippen LogP contribution in [0.3, 0.4) is 0 Å². The molecule has 0 fully saturated rings. The minimum Gasteiger partial charge on any atom is -0.399 e. The molecular formula is C13H9N3O3. The Kier molecular flexibility index (Phi) is 2.25. The van der Waals surface area contributed by atoms with Crippen molar-refractivity contribution in [1.82, 2.24) is 4.98 Å². The van der Waals surface area contributed by atoms with E-state index in [-0.39, 0.29) is 11.1 Å². The molecule has 0 saturated heterocycles. The quantitative estimate of drug-likeness (QED) is 0.301. The Morgan fingerprint density at radius 1 is 1.05 bits per heavy atom. The molecule has 0 bridgehead atoms. The topological polar surface area (TPSA) is 102 Å². The number of anilines is 1. The second kappa shape index (κ2) is 3.81. The molecule has 0 aliphatic rings. The minimum atomic E-state index is -0.495. The fourth-order valence-corrected chi connectivity index (χ4v) is 2.10. The number of rotatable bonds is 1. The van der Waals surface area contributed by atoms with E-state index in [1.165, 1.54) is 18.2 Å². The van der Waals surface area contributed by atoms with Gasteiger partial charge in [0.05, 0.1) is 10.4 Å². The van der Waals surface area contributed by atoms with Crippen molar-refractivity contribution in [1.29, 1.82) is 0 Å². The second-order valence-electron chi connectivity index (χ2n) is 4.25. The van der Waals surface area contributed by atoms with Crippen molar-refractivity contribution in [2.24, 2.45) is 0 Å². The predicted octanol–water partition coefficient (Wildman–Crippen LogP) is 2.17. The molecule has 6 nitrogen and oxygen atoms in total. The Morgan fingerprint density at radius 2 is 1.84 bits per heavy atom. The molecule has 94 valence electrons. The Bertz CT molecular complexity index is 883. The van der Waals surface area contributed by atoms with E-state index in [1.807, 2.05) is 0 Å². The average molecular weight is 255 g/mol. The van der Waals surface area contributed by atoms with Gasteiger partial charge in [-0.05, 0) is 24.3 Å². The van der Waals surface area contributed by atoms with Crippen molar-refractivity contribution in [3.05, 3.63) is 56.7 Å². The highest BCUT2D eigenvalue weighted by atomic mass is 16.6. The van der Waals surface area contributed by atoms with Crippen LogP contribution in [0, 0.1) is 10.1 Å². The first-order valence-corrected chi connectivity index (χ1v) is 5.56. The number of nitrogens with one attached hydrogen (secondary N) is 1. The van der Waals surface area contributed by atoms with Gasteiger partial charge < -0.3 is 10.7 Å². The first-order valence-electron chi connectivity index (χ1n) is 5.56. The Balaban J connectivity index is 2.46. The van der Waals surface area contributed by atoms with E-state index in [9.17, 15) is 14.9 Å². The molecule has 0 unspecified atom stereocenters. The number of nitrogen functional groups attached to an aromatic ring is 1. The van der Waals surface area contributed by atoms with E-state index in [0.717, 1.165) is 0 Å². The lowest BCUT2D eigenvalue weighted by Gasteiger charge is -2.03. The van der Waals surface area contributed by atoms with Gasteiger partial charge >= 0.3 is 0 Å². The van der Waals surface area contributed by atoms with Crippen LogP contribution in [0.4, 0.5) is 11.4 Å². The number of non-ortho nitro benzene ring substituents is 1. The van der Waals surface area contributed by atoms with E-state index in [4.69, 9.17) is 5.73 Å². The van der Waals surface area contributed by atoms with E-state index >= 15 is 0 Å². The number of nitrogens with two attached hydrogens (primary N) is 1. The molecule has 2 aromatic carbocycles. The Labute approximate surface area is 106 Å². The second-order valence-corrected chi connectivity index (χ2v) is 4.25. The van der Waals surface area contributed by atoms with E-state index in [0.29, 0.717) is 27.5 Å². The SMILES string of the molecule is Nc1ccc2[nH]c3cc([N+](=O)[O-])ccc3c(=O)c2c1. The molecule has 1 aromatic heterocycles. The van der Waals surface area contributed by atoms with Gasteiger partial charge in [0.1, 0.15) is 0 Å². The van der Waals surface area contributed by atoms with E-state index < -0.39 is 4.92 Å². The molecule has 19 heavy (non-hydrogen) atoms. The lowest BCUT2D eigenvalue weighted by Crippen LogP contribution is -2.05. The summed E-state index contributed by atoms with van der Waals surface area (Å²) in [6, 6.07) is 9.07. The van der Waals surface area contributed by atoms with E-state index in [2.05, 4.69) is 4.98 Å². The van der Waals surface area contributed by atoms with Crippen LogP contribution in [-0.2, 0) is 0 Å². The summed E-state index contributed by atoms with van der Waals surface area (Å²) >= 11 is 0. The van der Waals surface area contributed by atoms with Gasteiger partial charge in [-0.2, -0.15) is 0 Å². The fourth-order valence-electron chi connectivity index (χ4n) is 2.10. The monoisotopic (exact) mass is 255 g/mol. The van der Waals surface area contributed by atoms with Crippen LogP contribution in [-0.4, -0.2) is 9.91 Å². The number of benzene rings is 2. The maximum absolute atomic E-state index is 12.3. The molecule has 3 N–H and O–H groups in total. The summed E-state index contributed by atoms with van der Waals surface area (Å²) in [5, 5.41) is 11.6. The minimum absolute atomic E-state index is 0.0575. The molecule has 6 heteroatoms. The van der Waals surface area contributed by atoms with E-state index in [1.54, 1.807) is 18.2 Å². The Hall–Kier alpha value is -2.89. The summed E-state index contributed by atoms with van der Waals surface area (Å²) < 4.78 is 0. The first kappa shape index (κ1) is 11.2. The number of aromatic nitrogens is 1. The smallest absolute Gasteiger partial charge is 0.271 e. The summed E-state index contributed by atoms with van der Waals surface area (Å²) in [6.07, 6.45) is 0. The Morgan fingerprint density at radius 3 is 2.58 bits per heavy atom. The van der Waals surface area contributed by atoms with Crippen molar-refractivity contribution in [2.45, 2.75) is 0 Å². The fraction of sp³-hybridized carbons (Fsp3) is 0. The molecule has 0 atom stereocenters. The number of nitro groups is 1. The van der Waals surface area contributed by atoms with Gasteiger partial charge in [-0.15, -0.1) is 0 Å². The molecule has 0 amide bonds. The van der Waals surface area contributed by atoms with Crippen molar-refractivity contribution in [2.75, 3.05) is 5.73 Å². The number of aromatic amines is 1. The van der Waals surface area contributed by atoms with Crippen molar-refractivity contribution in [3.63, 3.8) is 0 Å². The van der Waals surface area contributed by atoms with Gasteiger partial charge in [-0.1, -0.05) is 0 Å². The third kappa shape index (κ3) is 1.70. The number of hydrogen-bond acceptors (Lipinski definition) is 4. The van der Waals surface area contributed by atoms with Crippen LogP contribution in [0.2, 0.25) is 0 Å². The highest BCUT2D eigenvalue weighted by Crippen LogP contribution is 2.20. The molecule has 0 aliphatic heterocycles. The number of hydrogen-bond donors (Lipinski definition) is 2. The molecule has 3 aromatic rings. The summed E-state index contributed by atoms with van der Waals surface area (Å²) in [5.74, 6) is 0. The highest BCUT2D eigenvalue weighted by Gasteiger charge is 2.10. The van der Waals surface area contributed by atoms with Gasteiger partial charge in [-0.3, -0.25) is 14.9 Å². The number of pyridine rings is 1. The highest BCUT2D eigenvalue weighted by molar-refractivity contribution is 5.94. The molecule has 3 rings (SSSR count). The van der Waals surface area contributed by atoms with Crippen LogP contribution < -0.4 is 11.2 Å². The molecule has 0 saturated carbocycles. The molecule has 0 aliphatic carbocycles. The summed E-state index contributed by atoms with van der Waals surface area (Å²) in [7, 11) is 0. The first-order chi connectivity index (χ1) is 9.06. The van der Waals surface area contributed by atoms with Crippen molar-refractivity contribution in [3.8, 4) is 0 Å². The van der Waals surface area contributed by atoms with Gasteiger partial charge in [0.2, 0.25) is 0 Å². The standard InChI is InChI=1S/C13H9N3O3/c14-7-1-4-11-10(5-7)13(17)9-3-2-8(16(18)19)6-12(9)15-11/h1-6H,14H2,(H,15,17). The summed E-state index contributed by atoms with van der Waals surface area (Å²) in [6.45, 7) is 0. The zero-order chi connectivity index (χ0) is 13.6. The van der Waals surface area contributed by atoms with Crippen LogP contribution in [0.5, 0.6) is 0 Å². The normalized spacial score (nSPS) is 10.9. The summed E-state index contributed by atoms with van der Waals surface area (Å²) in [5.41, 5.74) is 6.96. The lowest BCUT2D eigenvalue weighted by atomic mass is 10.1. The van der Waals surface area contributed by atoms with Crippen molar-refractivity contribution >= 4 is 33.2 Å². The molecule has 0 radical (unpaired) electrons. The largest absolute Gasteiger partial charge is 0.399 e. The van der Waals surface area contributed by atoms with Gasteiger partial charge in [0.15, 0.2) is 5.43 Å². The number of H-pyrrole nitrogens is 1. The molecule has 0 spiro atoms. The third-order valence-electron chi connectivity index (χ3n) is 3.02. The maximum Gasteiger partial charge on any atom is 0.271 e. The van der Waals surface area contributed by atoms with Gasteiger partial charge in [0, 0.05) is 34.1 Å². The maximum atomic E-state index is 12.3. The molecule has 1 heterocycles. The van der Waals surface area contributed by atoms with Crippen molar-refractivity contribution < 1.29 is 4.92 Å². The third-order valence-corrected chi connectivity index (χ3v) is 3.02. The van der Waals surface area contributed by atoms with Crippen LogP contribution in [0.25, 0.3) is 21.8 Å². The lowest BCUT2D eigenvalue weighted by molar-refractivity contribution is -0.384.